The van der Waals surface area contributed by atoms with E-state index in [0.717, 1.165) is 17.7 Å². The predicted molar refractivity (Wildman–Crippen MR) is 153 cm³/mol. The molecule has 0 saturated carbocycles. The molecule has 2 amide bonds. The van der Waals surface area contributed by atoms with Gasteiger partial charge in [-0.05, 0) is 61.1 Å². The minimum absolute atomic E-state index is 0.0329. The van der Waals surface area contributed by atoms with Gasteiger partial charge in [0.15, 0.2) is 0 Å². The second kappa shape index (κ2) is 13.1. The molecule has 0 unspecified atom stereocenters. The molecule has 234 valence electrons. The van der Waals surface area contributed by atoms with Crippen LogP contribution in [0.1, 0.15) is 42.4 Å². The van der Waals surface area contributed by atoms with Crippen molar-refractivity contribution in [3.63, 3.8) is 0 Å². The molecule has 0 aromatic heterocycles. The lowest BCUT2D eigenvalue weighted by Crippen LogP contribution is -2.60. The molecule has 3 aliphatic rings. The van der Waals surface area contributed by atoms with Crippen LogP contribution in [-0.4, -0.2) is 78.6 Å². The van der Waals surface area contributed by atoms with Gasteiger partial charge in [0, 0.05) is 44.3 Å². The second-order valence-electron chi connectivity index (χ2n) is 11.2. The standard InChI is InChI=1S/C29H34ClF3N4O5S/c30-24-11-7-21(8-12-24)19-42-25-17-36(18-25)43(40,41)35-13-1-3-22(16-35)28(39)37-14-2-4-26(37)27(38)34-15-20-5-9-23(10-6-20)29(31,32)33/h5-12,22,25-26H,1-4,13-19H2,(H,34,38)/t22-,26+/m0/s1. The molecule has 3 aliphatic heterocycles. The molecule has 0 spiro atoms. The Morgan fingerprint density at radius 3 is 2.23 bits per heavy atom. The summed E-state index contributed by atoms with van der Waals surface area (Å²) in [5.74, 6) is -1.19. The van der Waals surface area contributed by atoms with Gasteiger partial charge in [0.25, 0.3) is 10.2 Å². The van der Waals surface area contributed by atoms with Crippen LogP contribution in [0.2, 0.25) is 5.02 Å². The van der Waals surface area contributed by atoms with Gasteiger partial charge in [-0.3, -0.25) is 9.59 Å². The molecular weight excluding hydrogens is 609 g/mol. The molecule has 0 aliphatic carbocycles. The Morgan fingerprint density at radius 1 is 0.907 bits per heavy atom. The number of rotatable bonds is 9. The summed E-state index contributed by atoms with van der Waals surface area (Å²) in [5, 5.41) is 3.36. The van der Waals surface area contributed by atoms with Crippen molar-refractivity contribution in [2.45, 2.75) is 57.2 Å². The van der Waals surface area contributed by atoms with E-state index in [4.69, 9.17) is 16.3 Å². The molecule has 0 bridgehead atoms. The van der Waals surface area contributed by atoms with E-state index in [2.05, 4.69) is 5.32 Å². The molecule has 2 atom stereocenters. The third-order valence-electron chi connectivity index (χ3n) is 8.19. The van der Waals surface area contributed by atoms with Gasteiger partial charge in [-0.1, -0.05) is 35.9 Å². The summed E-state index contributed by atoms with van der Waals surface area (Å²) in [6.45, 7) is 1.60. The summed E-state index contributed by atoms with van der Waals surface area (Å²) < 4.78 is 73.6. The van der Waals surface area contributed by atoms with Crippen LogP contribution >= 0.6 is 11.6 Å². The highest BCUT2D eigenvalue weighted by Gasteiger charge is 2.44. The minimum Gasteiger partial charge on any atom is -0.371 e. The predicted octanol–water partition coefficient (Wildman–Crippen LogP) is 3.82. The van der Waals surface area contributed by atoms with E-state index in [1.54, 1.807) is 12.1 Å². The number of hydrogen-bond donors (Lipinski definition) is 1. The molecule has 3 heterocycles. The maximum Gasteiger partial charge on any atom is 0.416 e. The average Bonchev–Trinajstić information content (AvgIpc) is 3.45. The summed E-state index contributed by atoms with van der Waals surface area (Å²) >= 11 is 5.90. The molecule has 1 N–H and O–H groups in total. The number of likely N-dealkylation sites (tertiary alicyclic amines) is 1. The van der Waals surface area contributed by atoms with Crippen molar-refractivity contribution >= 4 is 33.6 Å². The third kappa shape index (κ3) is 7.51. The minimum atomic E-state index is -4.44. The first-order valence-corrected chi connectivity index (χ1v) is 16.0. The monoisotopic (exact) mass is 642 g/mol. The van der Waals surface area contributed by atoms with Crippen molar-refractivity contribution < 1.29 is 35.9 Å². The summed E-state index contributed by atoms with van der Waals surface area (Å²) in [6.07, 6.45) is -2.52. The van der Waals surface area contributed by atoms with Crippen LogP contribution in [0.15, 0.2) is 48.5 Å². The number of carbonyl (C=O) groups excluding carboxylic acids is 2. The summed E-state index contributed by atoms with van der Waals surface area (Å²) in [5.41, 5.74) is 0.681. The van der Waals surface area contributed by atoms with Gasteiger partial charge in [-0.2, -0.15) is 30.2 Å². The first kappa shape index (κ1) is 31.7. The van der Waals surface area contributed by atoms with E-state index >= 15 is 0 Å². The Balaban J connectivity index is 1.11. The molecule has 14 heteroatoms. The van der Waals surface area contributed by atoms with Crippen LogP contribution in [0.4, 0.5) is 13.2 Å². The van der Waals surface area contributed by atoms with Crippen LogP contribution in [0.5, 0.6) is 0 Å². The zero-order valence-corrected chi connectivity index (χ0v) is 25.0. The van der Waals surface area contributed by atoms with Crippen molar-refractivity contribution in [3.05, 3.63) is 70.2 Å². The molecule has 5 rings (SSSR count). The van der Waals surface area contributed by atoms with Gasteiger partial charge < -0.3 is 15.0 Å². The van der Waals surface area contributed by atoms with Crippen molar-refractivity contribution in [3.8, 4) is 0 Å². The average molecular weight is 643 g/mol. The van der Waals surface area contributed by atoms with Crippen LogP contribution < -0.4 is 5.32 Å². The SMILES string of the molecule is O=C(NCc1ccc(C(F)(F)F)cc1)[C@H]1CCCN1C(=O)[C@H]1CCCN(S(=O)(=O)N2CC(OCc3ccc(Cl)cc3)C2)C1. The molecule has 43 heavy (non-hydrogen) atoms. The fourth-order valence-corrected chi connectivity index (χ4v) is 7.55. The van der Waals surface area contributed by atoms with Crippen LogP contribution in [0, 0.1) is 5.92 Å². The number of nitrogens with one attached hydrogen (secondary N) is 1. The highest BCUT2D eigenvalue weighted by atomic mass is 35.5. The Hall–Kier alpha value is -2.71. The van der Waals surface area contributed by atoms with Crippen molar-refractivity contribution in [2.24, 2.45) is 5.92 Å². The highest BCUT2D eigenvalue weighted by molar-refractivity contribution is 7.86. The molecular formula is C29H34ClF3N4O5S. The van der Waals surface area contributed by atoms with E-state index in [-0.39, 0.29) is 44.1 Å². The topological polar surface area (TPSA) is 99.3 Å². The number of hydrogen-bond acceptors (Lipinski definition) is 5. The first-order chi connectivity index (χ1) is 20.4. The van der Waals surface area contributed by atoms with Crippen LogP contribution in [0.25, 0.3) is 0 Å². The molecule has 3 fully saturated rings. The Kier molecular flexibility index (Phi) is 9.67. The largest absolute Gasteiger partial charge is 0.416 e. The smallest absolute Gasteiger partial charge is 0.371 e. The van der Waals surface area contributed by atoms with Crippen LogP contribution in [-0.2, 0) is 43.9 Å². The number of alkyl halides is 3. The van der Waals surface area contributed by atoms with Gasteiger partial charge in [0.05, 0.1) is 24.2 Å². The number of piperidine rings is 1. The quantitative estimate of drug-likeness (QED) is 0.449. The zero-order valence-electron chi connectivity index (χ0n) is 23.4. The van der Waals surface area contributed by atoms with Gasteiger partial charge in [0.1, 0.15) is 6.04 Å². The molecule has 3 saturated heterocycles. The lowest BCUT2D eigenvalue weighted by molar-refractivity contribution is -0.142. The van der Waals surface area contributed by atoms with Crippen LogP contribution in [0.3, 0.4) is 0 Å². The van der Waals surface area contributed by atoms with E-state index in [1.165, 1.54) is 25.6 Å². The highest BCUT2D eigenvalue weighted by Crippen LogP contribution is 2.30. The normalized spacial score (nSPS) is 22.4. The lowest BCUT2D eigenvalue weighted by atomic mass is 9.97. The summed E-state index contributed by atoms with van der Waals surface area (Å²) in [7, 11) is -3.77. The number of ether oxygens (including phenoxy) is 1. The summed E-state index contributed by atoms with van der Waals surface area (Å²) in [4.78, 5) is 28.0. The maximum absolute atomic E-state index is 13.5. The van der Waals surface area contributed by atoms with Gasteiger partial charge in [-0.15, -0.1) is 0 Å². The Bertz CT molecular complexity index is 1400. The van der Waals surface area contributed by atoms with Gasteiger partial charge in [0.2, 0.25) is 11.8 Å². The Labute approximate surface area is 254 Å². The molecule has 9 nitrogen and oxygen atoms in total. The first-order valence-electron chi connectivity index (χ1n) is 14.3. The van der Waals surface area contributed by atoms with Gasteiger partial charge in [-0.25, -0.2) is 0 Å². The lowest BCUT2D eigenvalue weighted by Gasteiger charge is -2.42. The fraction of sp³-hybridized carbons (Fsp3) is 0.517. The van der Waals surface area contributed by atoms with E-state index in [9.17, 15) is 31.2 Å². The maximum atomic E-state index is 13.5. The number of carbonyl (C=O) groups is 2. The molecule has 2 aromatic carbocycles. The van der Waals surface area contributed by atoms with Crippen molar-refractivity contribution in [2.75, 3.05) is 32.7 Å². The third-order valence-corrected chi connectivity index (χ3v) is 10.4. The zero-order chi connectivity index (χ0) is 30.8. The van der Waals surface area contributed by atoms with E-state index in [1.807, 2.05) is 12.1 Å². The number of amides is 2. The second-order valence-corrected chi connectivity index (χ2v) is 13.5. The van der Waals surface area contributed by atoms with Gasteiger partial charge >= 0.3 is 6.18 Å². The fourth-order valence-electron chi connectivity index (χ4n) is 5.66. The Morgan fingerprint density at radius 2 is 1.56 bits per heavy atom. The summed E-state index contributed by atoms with van der Waals surface area (Å²) in [6, 6.07) is 11.1. The molecule has 0 radical (unpaired) electrons. The van der Waals surface area contributed by atoms with Crippen molar-refractivity contribution in [1.29, 1.82) is 0 Å². The number of benzene rings is 2. The molecule has 2 aromatic rings. The van der Waals surface area contributed by atoms with Crippen molar-refractivity contribution in [1.82, 2.24) is 18.8 Å². The number of nitrogens with zero attached hydrogens (tertiary/aromatic N) is 3. The van der Waals surface area contributed by atoms with E-state index < -0.39 is 33.9 Å². The van der Waals surface area contributed by atoms with E-state index in [0.29, 0.717) is 56.0 Å². The number of halogens is 4.